The van der Waals surface area contributed by atoms with E-state index in [4.69, 9.17) is 0 Å². The first-order chi connectivity index (χ1) is 13.8. The Morgan fingerprint density at radius 2 is 1.79 bits per heavy atom. The Morgan fingerprint density at radius 3 is 2.48 bits per heavy atom. The fraction of sp³-hybridized carbons (Fsp3) is 0.0952. The zero-order valence-corrected chi connectivity index (χ0v) is 16.1. The highest BCUT2D eigenvalue weighted by Gasteiger charge is 2.24. The molecule has 2 heterocycles. The highest BCUT2D eigenvalue weighted by atomic mass is 32.2. The molecule has 0 bridgehead atoms. The van der Waals surface area contributed by atoms with E-state index in [1.165, 1.54) is 24.5 Å². The van der Waals surface area contributed by atoms with E-state index < -0.39 is 28.3 Å². The van der Waals surface area contributed by atoms with Gasteiger partial charge in [0.15, 0.2) is 5.65 Å². The number of aryl methyl sites for hydroxylation is 1. The van der Waals surface area contributed by atoms with Crippen LogP contribution in [0.2, 0.25) is 0 Å². The maximum atomic E-state index is 14.2. The summed E-state index contributed by atoms with van der Waals surface area (Å²) >= 11 is 0. The molecule has 29 heavy (non-hydrogen) atoms. The molecule has 2 aromatic heterocycles. The van der Waals surface area contributed by atoms with Gasteiger partial charge in [0.2, 0.25) is 0 Å². The van der Waals surface area contributed by atoms with Gasteiger partial charge in [0.05, 0.1) is 11.5 Å². The minimum absolute atomic E-state index is 0.0602. The number of aromatic nitrogens is 2. The normalized spacial score (nSPS) is 11.9. The van der Waals surface area contributed by atoms with E-state index in [0.717, 1.165) is 15.6 Å². The van der Waals surface area contributed by atoms with Crippen LogP contribution in [0.1, 0.15) is 11.1 Å². The van der Waals surface area contributed by atoms with Gasteiger partial charge in [0.25, 0.3) is 10.0 Å². The molecule has 0 unspecified atom stereocenters. The predicted octanol–water partition coefficient (Wildman–Crippen LogP) is 4.02. The molecule has 4 rings (SSSR count). The van der Waals surface area contributed by atoms with Crippen LogP contribution in [0, 0.1) is 18.6 Å². The van der Waals surface area contributed by atoms with Gasteiger partial charge in [-0.3, -0.25) is 0 Å². The first-order valence-electron chi connectivity index (χ1n) is 8.70. The zero-order valence-electron chi connectivity index (χ0n) is 15.3. The van der Waals surface area contributed by atoms with Crippen molar-refractivity contribution in [3.8, 4) is 11.1 Å². The van der Waals surface area contributed by atoms with Gasteiger partial charge in [0.1, 0.15) is 11.6 Å². The topological polar surface area (TPSA) is 72.2 Å². The largest absolute Gasteiger partial charge is 0.392 e. The molecule has 0 aliphatic carbocycles. The summed E-state index contributed by atoms with van der Waals surface area (Å²) in [5.74, 6) is -1.74. The van der Waals surface area contributed by atoms with Crippen molar-refractivity contribution in [3.05, 3.63) is 83.7 Å². The number of halogens is 2. The van der Waals surface area contributed by atoms with E-state index in [9.17, 15) is 22.3 Å². The number of pyridine rings is 1. The molecular formula is C21H16F2N2O3S. The van der Waals surface area contributed by atoms with E-state index in [2.05, 4.69) is 4.98 Å². The number of benzene rings is 2. The molecule has 0 fully saturated rings. The third-order valence-corrected chi connectivity index (χ3v) is 6.38. The second kappa shape index (κ2) is 7.06. The smallest absolute Gasteiger partial charge is 0.269 e. The van der Waals surface area contributed by atoms with Gasteiger partial charge >= 0.3 is 0 Å². The molecule has 5 nitrogen and oxygen atoms in total. The molecule has 0 saturated heterocycles. The molecule has 1 N–H and O–H groups in total. The fourth-order valence-corrected chi connectivity index (χ4v) is 4.58. The zero-order chi connectivity index (χ0) is 20.8. The summed E-state index contributed by atoms with van der Waals surface area (Å²) in [5, 5.41) is 9.98. The minimum atomic E-state index is -4.01. The van der Waals surface area contributed by atoms with E-state index in [1.807, 2.05) is 6.92 Å². The summed E-state index contributed by atoms with van der Waals surface area (Å²) in [6.07, 6.45) is 2.71. The summed E-state index contributed by atoms with van der Waals surface area (Å²) in [6.45, 7) is 1.18. The number of rotatable bonds is 4. The van der Waals surface area contributed by atoms with Crippen molar-refractivity contribution in [1.82, 2.24) is 8.96 Å². The number of fused-ring (bicyclic) bond motifs is 1. The summed E-state index contributed by atoms with van der Waals surface area (Å²) < 4.78 is 55.5. The Kier molecular flexibility index (Phi) is 4.68. The molecule has 0 aliphatic rings. The Balaban J connectivity index is 2.03. The Labute approximate surface area is 165 Å². The standard InChI is InChI=1S/C21H16F2N2O3S/c1-13-4-6-15(7-5-13)29(27,28)25-11-18(16-3-2-8-24-21(16)25)17-9-14(22)10-20(23)19(17)12-26/h2-11,26H,12H2,1H3. The lowest BCUT2D eigenvalue weighted by Gasteiger charge is -2.08. The quantitative estimate of drug-likeness (QED) is 0.548. The van der Waals surface area contributed by atoms with Crippen LogP contribution in [0.25, 0.3) is 22.2 Å². The van der Waals surface area contributed by atoms with Crippen LogP contribution in [0.3, 0.4) is 0 Å². The number of hydrogen-bond donors (Lipinski definition) is 1. The van der Waals surface area contributed by atoms with Gasteiger partial charge < -0.3 is 5.11 Å². The number of aliphatic hydroxyl groups is 1. The van der Waals surface area contributed by atoms with Crippen LogP contribution in [0.5, 0.6) is 0 Å². The highest BCUT2D eigenvalue weighted by Crippen LogP contribution is 2.35. The van der Waals surface area contributed by atoms with Crippen molar-refractivity contribution in [3.63, 3.8) is 0 Å². The monoisotopic (exact) mass is 414 g/mol. The summed E-state index contributed by atoms with van der Waals surface area (Å²) in [4.78, 5) is 4.23. The van der Waals surface area contributed by atoms with Crippen molar-refractivity contribution >= 4 is 21.1 Å². The molecule has 0 radical (unpaired) electrons. The van der Waals surface area contributed by atoms with Crippen molar-refractivity contribution in [2.24, 2.45) is 0 Å². The average Bonchev–Trinajstić information content (AvgIpc) is 3.08. The second-order valence-electron chi connectivity index (χ2n) is 6.60. The fourth-order valence-electron chi connectivity index (χ4n) is 3.26. The van der Waals surface area contributed by atoms with E-state index in [-0.39, 0.29) is 27.2 Å². The van der Waals surface area contributed by atoms with Crippen LogP contribution in [-0.4, -0.2) is 22.5 Å². The highest BCUT2D eigenvalue weighted by molar-refractivity contribution is 7.90. The van der Waals surface area contributed by atoms with Gasteiger partial charge in [-0.25, -0.2) is 26.2 Å². The van der Waals surface area contributed by atoms with E-state index >= 15 is 0 Å². The Bertz CT molecular complexity index is 1330. The molecule has 0 aliphatic heterocycles. The number of hydrogen-bond acceptors (Lipinski definition) is 4. The first kappa shape index (κ1) is 19.2. The summed E-state index contributed by atoms with van der Waals surface area (Å²) in [5.41, 5.74) is 1.23. The molecule has 0 saturated carbocycles. The van der Waals surface area contributed by atoms with Gasteiger partial charge in [-0.2, -0.15) is 0 Å². The lowest BCUT2D eigenvalue weighted by atomic mass is 9.99. The minimum Gasteiger partial charge on any atom is -0.392 e. The molecule has 148 valence electrons. The summed E-state index contributed by atoms with van der Waals surface area (Å²) in [7, 11) is -4.01. The van der Waals surface area contributed by atoms with Crippen molar-refractivity contribution in [2.75, 3.05) is 0 Å². The van der Waals surface area contributed by atoms with Crippen molar-refractivity contribution in [1.29, 1.82) is 0 Å². The van der Waals surface area contributed by atoms with E-state index in [1.54, 1.807) is 24.3 Å². The van der Waals surface area contributed by atoms with Crippen LogP contribution in [0.4, 0.5) is 8.78 Å². The molecule has 4 aromatic rings. The lowest BCUT2D eigenvalue weighted by molar-refractivity contribution is 0.276. The number of aliphatic hydroxyl groups excluding tert-OH is 1. The third-order valence-electron chi connectivity index (χ3n) is 4.72. The Morgan fingerprint density at radius 1 is 1.07 bits per heavy atom. The predicted molar refractivity (Wildman–Crippen MR) is 105 cm³/mol. The SMILES string of the molecule is Cc1ccc(S(=O)(=O)n2cc(-c3cc(F)cc(F)c3CO)c3cccnc32)cc1. The maximum absolute atomic E-state index is 14.2. The maximum Gasteiger partial charge on any atom is 0.269 e. The lowest BCUT2D eigenvalue weighted by Crippen LogP contribution is -2.12. The first-order valence-corrected chi connectivity index (χ1v) is 10.1. The average molecular weight is 414 g/mol. The van der Waals surface area contributed by atoms with Gasteiger partial charge in [-0.05, 0) is 42.8 Å². The van der Waals surface area contributed by atoms with Crippen LogP contribution >= 0.6 is 0 Å². The molecular weight excluding hydrogens is 398 g/mol. The molecule has 0 spiro atoms. The van der Waals surface area contributed by atoms with Crippen LogP contribution in [0.15, 0.2) is 65.8 Å². The number of nitrogens with zero attached hydrogens (tertiary/aromatic N) is 2. The Hall–Kier alpha value is -3.10. The molecule has 0 atom stereocenters. The molecule has 8 heteroatoms. The van der Waals surface area contributed by atoms with Gasteiger partial charge in [-0.1, -0.05) is 17.7 Å². The van der Waals surface area contributed by atoms with Crippen LogP contribution < -0.4 is 0 Å². The molecule has 0 amide bonds. The van der Waals surface area contributed by atoms with Crippen LogP contribution in [-0.2, 0) is 16.6 Å². The van der Waals surface area contributed by atoms with E-state index in [0.29, 0.717) is 11.5 Å². The van der Waals surface area contributed by atoms with Gasteiger partial charge in [0, 0.05) is 35.0 Å². The third kappa shape index (κ3) is 3.20. The second-order valence-corrected chi connectivity index (χ2v) is 8.42. The van der Waals surface area contributed by atoms with Crippen molar-refractivity contribution < 1.29 is 22.3 Å². The van der Waals surface area contributed by atoms with Crippen molar-refractivity contribution in [2.45, 2.75) is 18.4 Å². The summed E-state index contributed by atoms with van der Waals surface area (Å²) in [6, 6.07) is 11.3. The van der Waals surface area contributed by atoms with Gasteiger partial charge in [-0.15, -0.1) is 0 Å². The molecule has 2 aromatic carbocycles.